The molecule has 3 rings (SSSR count). The van der Waals surface area contributed by atoms with Crippen LogP contribution >= 0.6 is 0 Å². The number of nitrogens with zero attached hydrogens (tertiary/aromatic N) is 1. The highest BCUT2D eigenvalue weighted by Crippen LogP contribution is 2.28. The molecule has 27 heavy (non-hydrogen) atoms. The van der Waals surface area contributed by atoms with Crippen LogP contribution in [0, 0.1) is 0 Å². The number of hydrogen-bond acceptors (Lipinski definition) is 5. The molecule has 1 heterocycles. The molecule has 0 spiro atoms. The van der Waals surface area contributed by atoms with Crippen molar-refractivity contribution in [3.8, 4) is 11.5 Å². The lowest BCUT2D eigenvalue weighted by Gasteiger charge is -2.30. The Morgan fingerprint density at radius 1 is 1.07 bits per heavy atom. The Balaban J connectivity index is 1.70. The zero-order valence-electron chi connectivity index (χ0n) is 15.6. The van der Waals surface area contributed by atoms with Crippen LogP contribution in [0.1, 0.15) is 5.56 Å². The number of morpholine rings is 1. The van der Waals surface area contributed by atoms with Crippen LogP contribution in [0.5, 0.6) is 11.5 Å². The van der Waals surface area contributed by atoms with E-state index in [1.807, 2.05) is 42.5 Å². The summed E-state index contributed by atoms with van der Waals surface area (Å²) < 4.78 is 15.9. The normalized spacial score (nSPS) is 14.2. The summed E-state index contributed by atoms with van der Waals surface area (Å²) in [5.74, 6) is 1.08. The minimum atomic E-state index is -0.189. The van der Waals surface area contributed by atoms with Crippen LogP contribution in [0.25, 0.3) is 6.08 Å². The second-order valence-electron chi connectivity index (χ2n) is 6.05. The third-order valence-corrected chi connectivity index (χ3v) is 4.35. The zero-order valence-corrected chi connectivity index (χ0v) is 15.6. The van der Waals surface area contributed by atoms with Gasteiger partial charge in [-0.1, -0.05) is 18.2 Å². The van der Waals surface area contributed by atoms with Gasteiger partial charge in [0.05, 0.1) is 38.8 Å². The molecule has 0 unspecified atom stereocenters. The fraction of sp³-hybridized carbons (Fsp3) is 0.286. The van der Waals surface area contributed by atoms with Gasteiger partial charge < -0.3 is 24.4 Å². The van der Waals surface area contributed by atoms with Crippen molar-refractivity contribution in [1.82, 2.24) is 0 Å². The number of para-hydroxylation sites is 2. The molecule has 0 bridgehead atoms. The fourth-order valence-corrected chi connectivity index (χ4v) is 2.96. The van der Waals surface area contributed by atoms with Crippen LogP contribution in [0.4, 0.5) is 11.4 Å². The number of carbonyl (C=O) groups is 1. The number of ether oxygens (including phenoxy) is 3. The first-order valence-electron chi connectivity index (χ1n) is 8.84. The number of methoxy groups -OCH3 is 2. The number of hydrogen-bond donors (Lipinski definition) is 1. The van der Waals surface area contributed by atoms with Crippen LogP contribution in [0.3, 0.4) is 0 Å². The van der Waals surface area contributed by atoms with Gasteiger partial charge in [-0.25, -0.2) is 0 Å². The SMILES string of the molecule is COc1ccc(C=CC(=O)Nc2ccccc2N2CCOCC2)cc1OC. The molecular weight excluding hydrogens is 344 g/mol. The lowest BCUT2D eigenvalue weighted by atomic mass is 10.2. The van der Waals surface area contributed by atoms with Crippen LogP contribution in [0.15, 0.2) is 48.5 Å². The number of rotatable bonds is 6. The van der Waals surface area contributed by atoms with Gasteiger partial charge >= 0.3 is 0 Å². The van der Waals surface area contributed by atoms with E-state index in [2.05, 4.69) is 10.2 Å². The van der Waals surface area contributed by atoms with E-state index in [1.54, 1.807) is 20.3 Å². The topological polar surface area (TPSA) is 60.0 Å². The van der Waals surface area contributed by atoms with Gasteiger partial charge in [-0.15, -0.1) is 0 Å². The van der Waals surface area contributed by atoms with Crippen molar-refractivity contribution in [1.29, 1.82) is 0 Å². The van der Waals surface area contributed by atoms with Gasteiger partial charge in [0.15, 0.2) is 11.5 Å². The highest BCUT2D eigenvalue weighted by molar-refractivity contribution is 6.03. The van der Waals surface area contributed by atoms with Gasteiger partial charge in [-0.05, 0) is 35.9 Å². The Morgan fingerprint density at radius 2 is 1.81 bits per heavy atom. The number of nitrogens with one attached hydrogen (secondary N) is 1. The molecule has 1 aliphatic heterocycles. The van der Waals surface area contributed by atoms with E-state index in [1.165, 1.54) is 6.08 Å². The predicted molar refractivity (Wildman–Crippen MR) is 107 cm³/mol. The quantitative estimate of drug-likeness (QED) is 0.794. The van der Waals surface area contributed by atoms with Gasteiger partial charge in [0.25, 0.3) is 0 Å². The molecule has 0 aromatic heterocycles. The fourth-order valence-electron chi connectivity index (χ4n) is 2.96. The van der Waals surface area contributed by atoms with Gasteiger partial charge in [0.1, 0.15) is 0 Å². The zero-order chi connectivity index (χ0) is 19.1. The molecule has 0 aliphatic carbocycles. The standard InChI is InChI=1S/C21H24N2O4/c1-25-19-9-7-16(15-20(19)26-2)8-10-21(24)22-17-5-3-4-6-18(17)23-11-13-27-14-12-23/h3-10,15H,11-14H2,1-2H3,(H,22,24). The van der Waals surface area contributed by atoms with Gasteiger partial charge in [0, 0.05) is 19.2 Å². The van der Waals surface area contributed by atoms with Crippen molar-refractivity contribution in [2.75, 3.05) is 50.7 Å². The molecule has 0 saturated carbocycles. The summed E-state index contributed by atoms with van der Waals surface area (Å²) >= 11 is 0. The van der Waals surface area contributed by atoms with E-state index in [9.17, 15) is 4.79 Å². The first kappa shape index (κ1) is 18.8. The van der Waals surface area contributed by atoms with E-state index in [-0.39, 0.29) is 5.91 Å². The van der Waals surface area contributed by atoms with Crippen LogP contribution in [0.2, 0.25) is 0 Å². The van der Waals surface area contributed by atoms with Crippen LogP contribution in [-0.2, 0) is 9.53 Å². The van der Waals surface area contributed by atoms with Crippen LogP contribution < -0.4 is 19.7 Å². The minimum Gasteiger partial charge on any atom is -0.493 e. The lowest BCUT2D eigenvalue weighted by molar-refractivity contribution is -0.111. The predicted octanol–water partition coefficient (Wildman–Crippen LogP) is 3.19. The Hall–Kier alpha value is -2.99. The lowest BCUT2D eigenvalue weighted by Crippen LogP contribution is -2.36. The van der Waals surface area contributed by atoms with Crippen LogP contribution in [-0.4, -0.2) is 46.4 Å². The molecule has 1 amide bonds. The number of carbonyl (C=O) groups excluding carboxylic acids is 1. The van der Waals surface area contributed by atoms with Gasteiger partial charge in [-0.2, -0.15) is 0 Å². The Kier molecular flexibility index (Phi) is 6.33. The molecule has 6 nitrogen and oxygen atoms in total. The minimum absolute atomic E-state index is 0.189. The molecule has 0 atom stereocenters. The molecule has 142 valence electrons. The average molecular weight is 368 g/mol. The molecule has 1 aliphatic rings. The smallest absolute Gasteiger partial charge is 0.248 e. The molecule has 6 heteroatoms. The summed E-state index contributed by atoms with van der Waals surface area (Å²) in [4.78, 5) is 14.6. The summed E-state index contributed by atoms with van der Waals surface area (Å²) in [7, 11) is 3.17. The Bertz CT molecular complexity index is 814. The van der Waals surface area contributed by atoms with E-state index < -0.39 is 0 Å². The maximum absolute atomic E-state index is 12.4. The van der Waals surface area contributed by atoms with E-state index >= 15 is 0 Å². The van der Waals surface area contributed by atoms with Crippen molar-refractivity contribution in [3.63, 3.8) is 0 Å². The molecule has 1 saturated heterocycles. The maximum Gasteiger partial charge on any atom is 0.248 e. The molecule has 0 radical (unpaired) electrons. The average Bonchev–Trinajstić information content (AvgIpc) is 2.73. The van der Waals surface area contributed by atoms with Crippen molar-refractivity contribution in [2.45, 2.75) is 0 Å². The monoisotopic (exact) mass is 368 g/mol. The van der Waals surface area contributed by atoms with Crippen molar-refractivity contribution in [2.24, 2.45) is 0 Å². The first-order chi connectivity index (χ1) is 13.2. The summed E-state index contributed by atoms with van der Waals surface area (Å²) in [6, 6.07) is 13.3. The van der Waals surface area contributed by atoms with E-state index in [0.29, 0.717) is 24.7 Å². The third-order valence-electron chi connectivity index (χ3n) is 4.35. The van der Waals surface area contributed by atoms with Crippen molar-refractivity contribution >= 4 is 23.4 Å². The summed E-state index contributed by atoms with van der Waals surface area (Å²) in [5.41, 5.74) is 2.65. The Morgan fingerprint density at radius 3 is 2.56 bits per heavy atom. The summed E-state index contributed by atoms with van der Waals surface area (Å²) in [5, 5.41) is 2.97. The molecule has 1 fully saturated rings. The highest BCUT2D eigenvalue weighted by atomic mass is 16.5. The molecular formula is C21H24N2O4. The first-order valence-corrected chi connectivity index (χ1v) is 8.84. The molecule has 2 aromatic carbocycles. The van der Waals surface area contributed by atoms with Crippen molar-refractivity contribution < 1.29 is 19.0 Å². The summed E-state index contributed by atoms with van der Waals surface area (Å²) in [6.45, 7) is 3.02. The second kappa shape index (κ2) is 9.09. The largest absolute Gasteiger partial charge is 0.493 e. The van der Waals surface area contributed by atoms with E-state index in [0.717, 1.165) is 30.0 Å². The highest BCUT2D eigenvalue weighted by Gasteiger charge is 2.15. The van der Waals surface area contributed by atoms with Gasteiger partial charge in [-0.3, -0.25) is 4.79 Å². The molecule has 1 N–H and O–H groups in total. The Labute approximate surface area is 159 Å². The number of benzene rings is 2. The molecule has 2 aromatic rings. The number of anilines is 2. The van der Waals surface area contributed by atoms with Gasteiger partial charge in [0.2, 0.25) is 5.91 Å². The van der Waals surface area contributed by atoms with E-state index in [4.69, 9.17) is 14.2 Å². The number of amides is 1. The van der Waals surface area contributed by atoms with Crippen molar-refractivity contribution in [3.05, 3.63) is 54.1 Å². The second-order valence-corrected chi connectivity index (χ2v) is 6.05. The third kappa shape index (κ3) is 4.80. The maximum atomic E-state index is 12.4. The summed E-state index contributed by atoms with van der Waals surface area (Å²) in [6.07, 6.45) is 3.26.